The van der Waals surface area contributed by atoms with Crippen molar-refractivity contribution in [3.8, 4) is 0 Å². The van der Waals surface area contributed by atoms with Gasteiger partial charge in [0.25, 0.3) is 5.56 Å². The molecule has 1 atom stereocenters. The molecule has 0 aliphatic heterocycles. The Morgan fingerprint density at radius 2 is 2.00 bits per heavy atom. The van der Waals surface area contributed by atoms with Crippen LogP contribution in [0.25, 0.3) is 11.0 Å². The molecule has 1 aromatic carbocycles. The lowest BCUT2D eigenvalue weighted by atomic mass is 10.0. The molecule has 0 fully saturated rings. The van der Waals surface area contributed by atoms with E-state index in [9.17, 15) is 9.59 Å². The summed E-state index contributed by atoms with van der Waals surface area (Å²) in [6.07, 6.45) is 2.94. The Kier molecular flexibility index (Phi) is 4.37. The van der Waals surface area contributed by atoms with Crippen molar-refractivity contribution >= 4 is 16.9 Å². The van der Waals surface area contributed by atoms with Gasteiger partial charge in [0.1, 0.15) is 12.9 Å². The van der Waals surface area contributed by atoms with Gasteiger partial charge < -0.3 is 5.32 Å². The minimum absolute atomic E-state index is 0.0765. The van der Waals surface area contributed by atoms with Crippen LogP contribution in [0.1, 0.15) is 24.1 Å². The van der Waals surface area contributed by atoms with E-state index in [2.05, 4.69) is 15.3 Å². The molecule has 0 saturated heterocycles. The van der Waals surface area contributed by atoms with Crippen molar-refractivity contribution in [1.82, 2.24) is 19.9 Å². The predicted molar refractivity (Wildman–Crippen MR) is 91.5 cm³/mol. The second kappa shape index (κ2) is 6.62. The Hall–Kier alpha value is -3.02. The van der Waals surface area contributed by atoms with Gasteiger partial charge in [0.2, 0.25) is 5.91 Å². The van der Waals surface area contributed by atoms with E-state index in [0.29, 0.717) is 11.0 Å². The lowest BCUT2D eigenvalue weighted by Crippen LogP contribution is -2.34. The third-order valence-electron chi connectivity index (χ3n) is 3.94. The topological polar surface area (TPSA) is 76.9 Å². The molecular weight excluding hydrogens is 304 g/mol. The maximum absolute atomic E-state index is 12.4. The van der Waals surface area contributed by atoms with Crippen LogP contribution in [0.4, 0.5) is 0 Å². The van der Waals surface area contributed by atoms with Crippen LogP contribution in [0.3, 0.4) is 0 Å². The molecular formula is C18H18N4O2. The Bertz CT molecular complexity index is 949. The monoisotopic (exact) mass is 322 g/mol. The highest BCUT2D eigenvalue weighted by Crippen LogP contribution is 2.16. The summed E-state index contributed by atoms with van der Waals surface area (Å²) < 4.78 is 1.30. The van der Waals surface area contributed by atoms with E-state index in [0.717, 1.165) is 11.1 Å². The maximum Gasteiger partial charge on any atom is 0.263 e. The minimum atomic E-state index is -0.271. The van der Waals surface area contributed by atoms with Crippen LogP contribution in [0, 0.1) is 6.92 Å². The van der Waals surface area contributed by atoms with Gasteiger partial charge >= 0.3 is 0 Å². The van der Waals surface area contributed by atoms with E-state index >= 15 is 0 Å². The van der Waals surface area contributed by atoms with E-state index < -0.39 is 0 Å². The largest absolute Gasteiger partial charge is 0.348 e. The summed E-state index contributed by atoms with van der Waals surface area (Å²) >= 11 is 0. The highest BCUT2D eigenvalue weighted by Gasteiger charge is 2.13. The van der Waals surface area contributed by atoms with Crippen molar-refractivity contribution in [2.45, 2.75) is 26.4 Å². The number of hydrogen-bond acceptors (Lipinski definition) is 4. The molecule has 0 aliphatic carbocycles. The number of nitrogens with zero attached hydrogens (tertiary/aromatic N) is 3. The molecule has 1 N–H and O–H groups in total. The Balaban J connectivity index is 1.77. The molecule has 24 heavy (non-hydrogen) atoms. The van der Waals surface area contributed by atoms with Gasteiger partial charge in [-0.05, 0) is 37.1 Å². The van der Waals surface area contributed by atoms with E-state index in [1.807, 2.05) is 38.1 Å². The molecule has 2 aromatic heterocycles. The second-order valence-corrected chi connectivity index (χ2v) is 5.70. The fourth-order valence-corrected chi connectivity index (χ4v) is 2.70. The first-order valence-corrected chi connectivity index (χ1v) is 7.71. The average Bonchev–Trinajstić information content (AvgIpc) is 2.58. The molecule has 6 heteroatoms. The number of aromatic nitrogens is 3. The summed E-state index contributed by atoms with van der Waals surface area (Å²) in [6.45, 7) is 3.85. The quantitative estimate of drug-likeness (QED) is 0.797. The number of hydrogen-bond donors (Lipinski definition) is 1. The van der Waals surface area contributed by atoms with E-state index in [4.69, 9.17) is 0 Å². The minimum Gasteiger partial charge on any atom is -0.348 e. The molecule has 3 rings (SSSR count). The summed E-state index contributed by atoms with van der Waals surface area (Å²) in [5.41, 5.74) is 2.28. The number of rotatable bonds is 4. The fourth-order valence-electron chi connectivity index (χ4n) is 2.70. The van der Waals surface area contributed by atoms with Crippen LogP contribution in [-0.2, 0) is 11.3 Å². The number of amides is 1. The summed E-state index contributed by atoms with van der Waals surface area (Å²) in [7, 11) is 0. The molecule has 0 spiro atoms. The number of carbonyl (C=O) groups excluding carboxylic acids is 1. The number of benzene rings is 1. The molecule has 0 unspecified atom stereocenters. The van der Waals surface area contributed by atoms with Crippen molar-refractivity contribution in [3.63, 3.8) is 0 Å². The zero-order valence-electron chi connectivity index (χ0n) is 13.6. The van der Waals surface area contributed by atoms with Crippen molar-refractivity contribution in [1.29, 1.82) is 0 Å². The highest BCUT2D eigenvalue weighted by atomic mass is 16.2. The summed E-state index contributed by atoms with van der Waals surface area (Å²) in [6, 6.07) is 11.1. The van der Waals surface area contributed by atoms with Gasteiger partial charge in [0, 0.05) is 6.20 Å². The van der Waals surface area contributed by atoms with E-state index in [1.54, 1.807) is 18.3 Å². The van der Waals surface area contributed by atoms with Gasteiger partial charge in [-0.3, -0.25) is 14.2 Å². The molecule has 3 aromatic rings. The number of pyridine rings is 1. The van der Waals surface area contributed by atoms with Gasteiger partial charge in [-0.2, -0.15) is 0 Å². The molecule has 1 amide bonds. The van der Waals surface area contributed by atoms with Crippen molar-refractivity contribution in [3.05, 3.63) is 70.4 Å². The van der Waals surface area contributed by atoms with E-state index in [1.165, 1.54) is 10.9 Å². The summed E-state index contributed by atoms with van der Waals surface area (Å²) in [4.78, 5) is 32.8. The van der Waals surface area contributed by atoms with Crippen LogP contribution in [0.15, 0.2) is 53.7 Å². The molecule has 0 bridgehead atoms. The van der Waals surface area contributed by atoms with Gasteiger partial charge in [-0.1, -0.05) is 24.3 Å². The van der Waals surface area contributed by atoms with Gasteiger partial charge in [-0.25, -0.2) is 9.97 Å². The molecule has 122 valence electrons. The molecule has 2 heterocycles. The zero-order valence-corrected chi connectivity index (χ0v) is 13.6. The van der Waals surface area contributed by atoms with Crippen molar-refractivity contribution in [2.75, 3.05) is 0 Å². The Morgan fingerprint density at radius 3 is 2.79 bits per heavy atom. The molecule has 0 radical (unpaired) electrons. The fraction of sp³-hybridized carbons (Fsp3) is 0.222. The van der Waals surface area contributed by atoms with Gasteiger partial charge in [0.15, 0.2) is 5.65 Å². The first-order valence-electron chi connectivity index (χ1n) is 7.71. The highest BCUT2D eigenvalue weighted by molar-refractivity contribution is 5.77. The first-order chi connectivity index (χ1) is 11.6. The number of carbonyl (C=O) groups is 1. The SMILES string of the molecule is Cc1ccccc1[C@@H](C)NC(=O)Cn1cnc2ncccc2c1=O. The van der Waals surface area contributed by atoms with Crippen LogP contribution in [0.2, 0.25) is 0 Å². The lowest BCUT2D eigenvalue weighted by Gasteiger charge is -2.17. The predicted octanol–water partition coefficient (Wildman–Crippen LogP) is 1.98. The van der Waals surface area contributed by atoms with Crippen molar-refractivity contribution in [2.24, 2.45) is 0 Å². The van der Waals surface area contributed by atoms with E-state index in [-0.39, 0.29) is 24.1 Å². The third kappa shape index (κ3) is 3.17. The van der Waals surface area contributed by atoms with Crippen molar-refractivity contribution < 1.29 is 4.79 Å². The van der Waals surface area contributed by atoms with Gasteiger partial charge in [0.05, 0.1) is 11.4 Å². The zero-order chi connectivity index (χ0) is 17.1. The van der Waals surface area contributed by atoms with Crippen LogP contribution < -0.4 is 10.9 Å². The number of fused-ring (bicyclic) bond motifs is 1. The summed E-state index contributed by atoms with van der Waals surface area (Å²) in [5, 5.41) is 3.32. The smallest absolute Gasteiger partial charge is 0.263 e. The maximum atomic E-state index is 12.4. The second-order valence-electron chi connectivity index (χ2n) is 5.70. The normalized spacial score (nSPS) is 12.1. The lowest BCUT2D eigenvalue weighted by molar-refractivity contribution is -0.122. The Labute approximate surface area is 139 Å². The van der Waals surface area contributed by atoms with Crippen LogP contribution in [-0.4, -0.2) is 20.4 Å². The molecule has 6 nitrogen and oxygen atoms in total. The van der Waals surface area contributed by atoms with Crippen LogP contribution in [0.5, 0.6) is 0 Å². The van der Waals surface area contributed by atoms with Gasteiger partial charge in [-0.15, -0.1) is 0 Å². The van der Waals surface area contributed by atoms with Crippen LogP contribution >= 0.6 is 0 Å². The first kappa shape index (κ1) is 15.9. The number of aryl methyl sites for hydroxylation is 1. The molecule has 0 saturated carbocycles. The standard InChI is InChI=1S/C18H18N4O2/c1-12-6-3-4-7-14(12)13(2)21-16(23)10-22-11-20-17-15(18(22)24)8-5-9-19-17/h3-9,11,13H,10H2,1-2H3,(H,21,23)/t13-/m1/s1. The Morgan fingerprint density at radius 1 is 1.21 bits per heavy atom. The number of nitrogens with one attached hydrogen (secondary N) is 1. The third-order valence-corrected chi connectivity index (χ3v) is 3.94. The average molecular weight is 322 g/mol. The summed E-state index contributed by atoms with van der Waals surface area (Å²) in [5.74, 6) is -0.238. The molecule has 0 aliphatic rings.